The first-order valence-electron chi connectivity index (χ1n) is 6.31. The van der Waals surface area contributed by atoms with Crippen LogP contribution in [-0.2, 0) is 6.42 Å². The maximum absolute atomic E-state index is 13.4. The minimum atomic E-state index is -0.518. The molecule has 20 heavy (non-hydrogen) atoms. The van der Waals surface area contributed by atoms with E-state index in [-0.39, 0.29) is 17.2 Å². The number of carbonyl (C=O) groups excluding carboxylic acids is 1. The van der Waals surface area contributed by atoms with Gasteiger partial charge in [-0.25, -0.2) is 4.39 Å². The highest BCUT2D eigenvalue weighted by molar-refractivity contribution is 6.31. The van der Waals surface area contributed by atoms with E-state index in [2.05, 4.69) is 0 Å². The average molecular weight is 293 g/mol. The summed E-state index contributed by atoms with van der Waals surface area (Å²) in [5, 5.41) is -0.00487. The summed E-state index contributed by atoms with van der Waals surface area (Å²) in [5.41, 5.74) is 0.956. The molecule has 0 aliphatic heterocycles. The smallest absolute Gasteiger partial charge is 0.171 e. The molecule has 2 aromatic carbocycles. The Labute approximate surface area is 122 Å². The second-order valence-electron chi connectivity index (χ2n) is 4.24. The molecule has 0 saturated carbocycles. The molecule has 0 bridgehead atoms. The Kier molecular flexibility index (Phi) is 4.74. The number of para-hydroxylation sites is 1. The van der Waals surface area contributed by atoms with Crippen LogP contribution in [0.4, 0.5) is 4.39 Å². The summed E-state index contributed by atoms with van der Waals surface area (Å²) in [4.78, 5) is 12.3. The first kappa shape index (κ1) is 14.5. The van der Waals surface area contributed by atoms with Gasteiger partial charge in [-0.15, -0.1) is 0 Å². The van der Waals surface area contributed by atoms with Gasteiger partial charge in [0.25, 0.3) is 0 Å². The third-order valence-electron chi connectivity index (χ3n) is 2.87. The standard InChI is InChI=1S/C16H14ClFO2/c1-2-20-15-9-4-3-7-12(15)14(19)10-11-6-5-8-13(18)16(11)17/h3-9H,2,10H2,1H3. The van der Waals surface area contributed by atoms with Crippen molar-refractivity contribution in [3.8, 4) is 5.75 Å². The molecule has 104 valence electrons. The lowest BCUT2D eigenvalue weighted by Gasteiger charge is -2.09. The summed E-state index contributed by atoms with van der Waals surface area (Å²) in [6.07, 6.45) is 0.0423. The Morgan fingerprint density at radius 3 is 2.70 bits per heavy atom. The van der Waals surface area contributed by atoms with Crippen LogP contribution in [0.25, 0.3) is 0 Å². The lowest BCUT2D eigenvalue weighted by atomic mass is 10.0. The zero-order valence-corrected chi connectivity index (χ0v) is 11.8. The molecule has 0 fully saturated rings. The van der Waals surface area contributed by atoms with Crippen molar-refractivity contribution in [3.63, 3.8) is 0 Å². The molecule has 0 unspecified atom stereocenters. The number of ketones is 1. The van der Waals surface area contributed by atoms with Gasteiger partial charge in [0.2, 0.25) is 0 Å². The van der Waals surface area contributed by atoms with Crippen molar-refractivity contribution in [1.29, 1.82) is 0 Å². The number of hydrogen-bond acceptors (Lipinski definition) is 2. The molecular weight excluding hydrogens is 279 g/mol. The van der Waals surface area contributed by atoms with Crippen molar-refractivity contribution in [2.75, 3.05) is 6.61 Å². The first-order valence-corrected chi connectivity index (χ1v) is 6.69. The van der Waals surface area contributed by atoms with Crippen molar-refractivity contribution in [1.82, 2.24) is 0 Å². The van der Waals surface area contributed by atoms with E-state index in [1.807, 2.05) is 6.92 Å². The van der Waals surface area contributed by atoms with Crippen molar-refractivity contribution in [2.24, 2.45) is 0 Å². The van der Waals surface area contributed by atoms with Gasteiger partial charge in [0.05, 0.1) is 17.2 Å². The summed E-state index contributed by atoms with van der Waals surface area (Å²) in [5.74, 6) is -0.135. The maximum atomic E-state index is 13.4. The van der Waals surface area contributed by atoms with E-state index < -0.39 is 5.82 Å². The van der Waals surface area contributed by atoms with Gasteiger partial charge in [-0.05, 0) is 30.7 Å². The molecule has 0 spiro atoms. The fourth-order valence-electron chi connectivity index (χ4n) is 1.93. The van der Waals surface area contributed by atoms with Crippen molar-refractivity contribution in [2.45, 2.75) is 13.3 Å². The summed E-state index contributed by atoms with van der Waals surface area (Å²) < 4.78 is 18.8. The van der Waals surface area contributed by atoms with Gasteiger partial charge in [0.15, 0.2) is 5.78 Å². The van der Waals surface area contributed by atoms with E-state index >= 15 is 0 Å². The third kappa shape index (κ3) is 3.17. The Morgan fingerprint density at radius 1 is 1.20 bits per heavy atom. The van der Waals surface area contributed by atoms with Gasteiger partial charge in [-0.2, -0.15) is 0 Å². The lowest BCUT2D eigenvalue weighted by Crippen LogP contribution is -2.07. The molecule has 0 aliphatic carbocycles. The molecule has 0 amide bonds. The zero-order valence-electron chi connectivity index (χ0n) is 11.0. The van der Waals surface area contributed by atoms with Gasteiger partial charge in [0, 0.05) is 6.42 Å². The third-order valence-corrected chi connectivity index (χ3v) is 3.29. The quantitative estimate of drug-likeness (QED) is 0.768. The molecule has 2 nitrogen and oxygen atoms in total. The van der Waals surface area contributed by atoms with Crippen LogP contribution in [0.5, 0.6) is 5.75 Å². The largest absolute Gasteiger partial charge is 0.493 e. The Balaban J connectivity index is 2.26. The average Bonchev–Trinajstić information content (AvgIpc) is 2.45. The summed E-state index contributed by atoms with van der Waals surface area (Å²) in [6, 6.07) is 11.5. The molecule has 0 aromatic heterocycles. The van der Waals surface area contributed by atoms with E-state index in [9.17, 15) is 9.18 Å². The van der Waals surface area contributed by atoms with E-state index in [0.717, 1.165) is 0 Å². The van der Waals surface area contributed by atoms with Gasteiger partial charge < -0.3 is 4.74 Å². The molecule has 0 radical (unpaired) electrons. The molecule has 0 aliphatic rings. The van der Waals surface area contributed by atoms with Crippen LogP contribution in [0.3, 0.4) is 0 Å². The summed E-state index contributed by atoms with van der Waals surface area (Å²) >= 11 is 5.87. The fourth-order valence-corrected chi connectivity index (χ4v) is 2.12. The number of carbonyl (C=O) groups is 1. The number of ether oxygens (including phenoxy) is 1. The van der Waals surface area contributed by atoms with E-state index in [0.29, 0.717) is 23.5 Å². The second-order valence-corrected chi connectivity index (χ2v) is 4.62. The van der Waals surface area contributed by atoms with E-state index in [4.69, 9.17) is 16.3 Å². The predicted octanol–water partition coefficient (Wildman–Crippen LogP) is 4.30. The maximum Gasteiger partial charge on any atom is 0.171 e. The predicted molar refractivity (Wildman–Crippen MR) is 77.1 cm³/mol. The highest BCUT2D eigenvalue weighted by Crippen LogP contribution is 2.24. The summed E-state index contributed by atoms with van der Waals surface area (Å²) in [7, 11) is 0. The van der Waals surface area contributed by atoms with E-state index in [1.54, 1.807) is 30.3 Å². The highest BCUT2D eigenvalue weighted by Gasteiger charge is 2.15. The second kappa shape index (κ2) is 6.53. The van der Waals surface area contributed by atoms with Crippen LogP contribution in [0.1, 0.15) is 22.8 Å². The fraction of sp³-hybridized carbons (Fsp3) is 0.188. The minimum absolute atomic E-state index is 0.00487. The topological polar surface area (TPSA) is 26.3 Å². The van der Waals surface area contributed by atoms with Crippen LogP contribution < -0.4 is 4.74 Å². The van der Waals surface area contributed by atoms with E-state index in [1.165, 1.54) is 12.1 Å². The van der Waals surface area contributed by atoms with Crippen LogP contribution >= 0.6 is 11.6 Å². The number of rotatable bonds is 5. The van der Waals surface area contributed by atoms with Crippen molar-refractivity contribution >= 4 is 17.4 Å². The number of Topliss-reactive ketones (excluding diaryl/α,β-unsaturated/α-hetero) is 1. The van der Waals surface area contributed by atoms with Gasteiger partial charge >= 0.3 is 0 Å². The zero-order chi connectivity index (χ0) is 14.5. The molecule has 0 heterocycles. The molecule has 0 saturated heterocycles. The molecule has 2 rings (SSSR count). The van der Waals surface area contributed by atoms with Crippen molar-refractivity contribution in [3.05, 3.63) is 64.4 Å². The Bertz CT molecular complexity index is 626. The van der Waals surface area contributed by atoms with Crippen LogP contribution in [0.15, 0.2) is 42.5 Å². The molecular formula is C16H14ClFO2. The van der Waals surface area contributed by atoms with Crippen molar-refractivity contribution < 1.29 is 13.9 Å². The first-order chi connectivity index (χ1) is 9.63. The number of halogens is 2. The van der Waals surface area contributed by atoms with Crippen LogP contribution in [0.2, 0.25) is 5.02 Å². The van der Waals surface area contributed by atoms with Gasteiger partial charge in [0.1, 0.15) is 11.6 Å². The lowest BCUT2D eigenvalue weighted by molar-refractivity contribution is 0.0989. The number of hydrogen-bond donors (Lipinski definition) is 0. The molecule has 0 N–H and O–H groups in total. The Hall–Kier alpha value is -1.87. The van der Waals surface area contributed by atoms with Gasteiger partial charge in [-0.3, -0.25) is 4.79 Å². The molecule has 2 aromatic rings. The van der Waals surface area contributed by atoms with Crippen LogP contribution in [0, 0.1) is 5.82 Å². The Morgan fingerprint density at radius 2 is 1.95 bits per heavy atom. The summed E-state index contributed by atoms with van der Waals surface area (Å²) in [6.45, 7) is 2.33. The molecule has 0 atom stereocenters. The number of benzene rings is 2. The van der Waals surface area contributed by atoms with Gasteiger partial charge in [-0.1, -0.05) is 35.9 Å². The monoisotopic (exact) mass is 292 g/mol. The minimum Gasteiger partial charge on any atom is -0.493 e. The molecule has 4 heteroatoms. The SMILES string of the molecule is CCOc1ccccc1C(=O)Cc1cccc(F)c1Cl. The normalized spacial score (nSPS) is 10.3. The highest BCUT2D eigenvalue weighted by atomic mass is 35.5. The van der Waals surface area contributed by atoms with Crippen LogP contribution in [-0.4, -0.2) is 12.4 Å².